The number of nitriles is 1. The summed E-state index contributed by atoms with van der Waals surface area (Å²) in [5.41, 5.74) is 1.73. The zero-order valence-electron chi connectivity index (χ0n) is 10.4. The second kappa shape index (κ2) is 5.07. The number of nitrogens with zero attached hydrogens (tertiary/aromatic N) is 2. The van der Waals surface area contributed by atoms with Crippen molar-refractivity contribution in [2.45, 2.75) is 19.6 Å². The van der Waals surface area contributed by atoms with Crippen LogP contribution in [0.25, 0.3) is 0 Å². The first-order valence-electron chi connectivity index (χ1n) is 5.76. The summed E-state index contributed by atoms with van der Waals surface area (Å²) in [6.07, 6.45) is -0.454. The molecular weight excluding hydrogens is 230 g/mol. The lowest BCUT2D eigenvalue weighted by atomic mass is 10.1. The summed E-state index contributed by atoms with van der Waals surface area (Å²) in [5, 5.41) is 11.4. The largest absolute Gasteiger partial charge is 0.479 e. The van der Waals surface area contributed by atoms with Crippen LogP contribution in [0, 0.1) is 11.3 Å². The zero-order valence-corrected chi connectivity index (χ0v) is 10.4. The Bertz CT molecular complexity index is 507. The van der Waals surface area contributed by atoms with Crippen molar-refractivity contribution < 1.29 is 9.53 Å². The number of amides is 1. The standard InChI is InChI=1S/C13H15N3O2/c1-9-13(17)15-11-7-10(3-4-12(11)18-9)8-16(2)6-5-14/h3-4,7,9H,6,8H2,1-2H3,(H,15,17). The molecule has 0 fully saturated rings. The van der Waals surface area contributed by atoms with E-state index in [1.807, 2.05) is 30.1 Å². The Hall–Kier alpha value is -2.06. The van der Waals surface area contributed by atoms with E-state index in [4.69, 9.17) is 10.00 Å². The molecule has 1 unspecified atom stereocenters. The molecule has 1 N–H and O–H groups in total. The summed E-state index contributed by atoms with van der Waals surface area (Å²) >= 11 is 0. The van der Waals surface area contributed by atoms with E-state index in [1.165, 1.54) is 0 Å². The molecular formula is C13H15N3O2. The number of carbonyl (C=O) groups is 1. The van der Waals surface area contributed by atoms with Crippen molar-refractivity contribution >= 4 is 11.6 Å². The molecule has 1 aliphatic heterocycles. The molecule has 1 heterocycles. The first-order chi connectivity index (χ1) is 8.60. The molecule has 2 rings (SSSR count). The molecule has 18 heavy (non-hydrogen) atoms. The van der Waals surface area contributed by atoms with Crippen LogP contribution in [0.4, 0.5) is 5.69 Å². The van der Waals surface area contributed by atoms with Gasteiger partial charge in [-0.2, -0.15) is 5.26 Å². The van der Waals surface area contributed by atoms with E-state index in [2.05, 4.69) is 11.4 Å². The highest BCUT2D eigenvalue weighted by molar-refractivity contribution is 5.97. The lowest BCUT2D eigenvalue weighted by Gasteiger charge is -2.24. The van der Waals surface area contributed by atoms with Crippen LogP contribution in [-0.4, -0.2) is 30.5 Å². The number of fused-ring (bicyclic) bond motifs is 1. The third kappa shape index (κ3) is 2.60. The van der Waals surface area contributed by atoms with Crippen molar-refractivity contribution in [1.82, 2.24) is 4.90 Å². The van der Waals surface area contributed by atoms with Gasteiger partial charge in [-0.05, 0) is 31.7 Å². The molecule has 0 aromatic heterocycles. The maximum atomic E-state index is 11.5. The molecule has 0 saturated carbocycles. The molecule has 1 atom stereocenters. The molecule has 0 spiro atoms. The lowest BCUT2D eigenvalue weighted by Crippen LogP contribution is -2.34. The second-order valence-electron chi connectivity index (χ2n) is 4.41. The minimum atomic E-state index is -0.454. The second-order valence-corrected chi connectivity index (χ2v) is 4.41. The van der Waals surface area contributed by atoms with Crippen molar-refractivity contribution in [3.05, 3.63) is 23.8 Å². The van der Waals surface area contributed by atoms with Crippen LogP contribution in [0.5, 0.6) is 5.75 Å². The van der Waals surface area contributed by atoms with E-state index in [0.29, 0.717) is 24.5 Å². The van der Waals surface area contributed by atoms with Gasteiger partial charge in [0.05, 0.1) is 18.3 Å². The van der Waals surface area contributed by atoms with E-state index >= 15 is 0 Å². The number of hydrogen-bond donors (Lipinski definition) is 1. The molecule has 94 valence electrons. The van der Waals surface area contributed by atoms with Gasteiger partial charge in [-0.1, -0.05) is 6.07 Å². The summed E-state index contributed by atoms with van der Waals surface area (Å²) in [6, 6.07) is 7.77. The smallest absolute Gasteiger partial charge is 0.265 e. The number of ether oxygens (including phenoxy) is 1. The maximum Gasteiger partial charge on any atom is 0.265 e. The highest BCUT2D eigenvalue weighted by atomic mass is 16.5. The third-order valence-corrected chi connectivity index (χ3v) is 2.77. The minimum Gasteiger partial charge on any atom is -0.479 e. The number of anilines is 1. The number of nitrogens with one attached hydrogen (secondary N) is 1. The zero-order chi connectivity index (χ0) is 13.1. The first-order valence-corrected chi connectivity index (χ1v) is 5.76. The lowest BCUT2D eigenvalue weighted by molar-refractivity contribution is -0.122. The van der Waals surface area contributed by atoms with Crippen LogP contribution in [0.1, 0.15) is 12.5 Å². The van der Waals surface area contributed by atoms with Gasteiger partial charge in [0.25, 0.3) is 5.91 Å². The van der Waals surface area contributed by atoms with Gasteiger partial charge in [0, 0.05) is 6.54 Å². The van der Waals surface area contributed by atoms with Gasteiger partial charge in [0.15, 0.2) is 6.10 Å². The molecule has 0 bridgehead atoms. The molecule has 5 nitrogen and oxygen atoms in total. The molecule has 0 saturated heterocycles. The van der Waals surface area contributed by atoms with Gasteiger partial charge in [-0.25, -0.2) is 0 Å². The van der Waals surface area contributed by atoms with Crippen LogP contribution >= 0.6 is 0 Å². The van der Waals surface area contributed by atoms with E-state index in [0.717, 1.165) is 5.56 Å². The highest BCUT2D eigenvalue weighted by Crippen LogP contribution is 2.30. The van der Waals surface area contributed by atoms with Gasteiger partial charge in [0.2, 0.25) is 0 Å². The van der Waals surface area contributed by atoms with Crippen LogP contribution in [0.3, 0.4) is 0 Å². The van der Waals surface area contributed by atoms with Gasteiger partial charge in [-0.3, -0.25) is 9.69 Å². The van der Waals surface area contributed by atoms with E-state index in [-0.39, 0.29) is 5.91 Å². The van der Waals surface area contributed by atoms with Crippen LogP contribution in [0.2, 0.25) is 0 Å². The normalized spacial score (nSPS) is 17.7. The Balaban J connectivity index is 2.15. The Labute approximate surface area is 106 Å². The van der Waals surface area contributed by atoms with Crippen molar-refractivity contribution in [2.75, 3.05) is 18.9 Å². The van der Waals surface area contributed by atoms with E-state index < -0.39 is 6.10 Å². The molecule has 0 radical (unpaired) electrons. The summed E-state index contributed by atoms with van der Waals surface area (Å²) < 4.78 is 5.47. The summed E-state index contributed by atoms with van der Waals surface area (Å²) in [6.45, 7) is 2.75. The van der Waals surface area contributed by atoms with Crippen molar-refractivity contribution in [2.24, 2.45) is 0 Å². The fraction of sp³-hybridized carbons (Fsp3) is 0.385. The number of hydrogen-bond acceptors (Lipinski definition) is 4. The van der Waals surface area contributed by atoms with Crippen molar-refractivity contribution in [1.29, 1.82) is 5.26 Å². The Morgan fingerprint density at radius 2 is 2.33 bits per heavy atom. The Morgan fingerprint density at radius 3 is 3.06 bits per heavy atom. The maximum absolute atomic E-state index is 11.5. The Kier molecular flexibility index (Phi) is 3.49. The minimum absolute atomic E-state index is 0.134. The van der Waals surface area contributed by atoms with Gasteiger partial charge >= 0.3 is 0 Å². The Morgan fingerprint density at radius 1 is 1.56 bits per heavy atom. The van der Waals surface area contributed by atoms with Gasteiger partial charge in [0.1, 0.15) is 5.75 Å². The fourth-order valence-electron chi connectivity index (χ4n) is 1.84. The monoisotopic (exact) mass is 245 g/mol. The third-order valence-electron chi connectivity index (χ3n) is 2.77. The number of rotatable bonds is 3. The van der Waals surface area contributed by atoms with Gasteiger partial charge in [-0.15, -0.1) is 0 Å². The SMILES string of the molecule is CC1Oc2ccc(CN(C)CC#N)cc2NC1=O. The molecule has 1 aromatic rings. The molecule has 1 aliphatic rings. The van der Waals surface area contributed by atoms with Crippen LogP contribution < -0.4 is 10.1 Å². The van der Waals surface area contributed by atoms with E-state index in [9.17, 15) is 4.79 Å². The fourth-order valence-corrected chi connectivity index (χ4v) is 1.84. The molecule has 1 aromatic carbocycles. The summed E-state index contributed by atoms with van der Waals surface area (Å²) in [5.74, 6) is 0.554. The van der Waals surface area contributed by atoms with Crippen molar-refractivity contribution in [3.63, 3.8) is 0 Å². The topological polar surface area (TPSA) is 65.4 Å². The van der Waals surface area contributed by atoms with Crippen molar-refractivity contribution in [3.8, 4) is 11.8 Å². The average molecular weight is 245 g/mol. The average Bonchev–Trinajstić information content (AvgIpc) is 2.31. The molecule has 0 aliphatic carbocycles. The number of benzene rings is 1. The summed E-state index contributed by atoms with van der Waals surface area (Å²) in [7, 11) is 1.87. The number of carbonyl (C=O) groups excluding carboxylic acids is 1. The van der Waals surface area contributed by atoms with Crippen LogP contribution in [-0.2, 0) is 11.3 Å². The molecule has 1 amide bonds. The summed E-state index contributed by atoms with van der Waals surface area (Å²) in [4.78, 5) is 13.4. The quantitative estimate of drug-likeness (QED) is 0.817. The van der Waals surface area contributed by atoms with Gasteiger partial charge < -0.3 is 10.1 Å². The predicted octanol–water partition coefficient (Wildman–Crippen LogP) is 1.36. The van der Waals surface area contributed by atoms with E-state index in [1.54, 1.807) is 6.92 Å². The molecule has 5 heteroatoms. The van der Waals surface area contributed by atoms with Crippen LogP contribution in [0.15, 0.2) is 18.2 Å². The predicted molar refractivity (Wildman–Crippen MR) is 67.1 cm³/mol. The first kappa shape index (κ1) is 12.4. The highest BCUT2D eigenvalue weighted by Gasteiger charge is 2.23.